The maximum Gasteiger partial charge on any atom is 0.276 e. The third kappa shape index (κ3) is 2.57. The van der Waals surface area contributed by atoms with Gasteiger partial charge >= 0.3 is 0 Å². The van der Waals surface area contributed by atoms with Crippen LogP contribution in [0, 0.1) is 5.41 Å². The Kier molecular flexibility index (Phi) is 3.64. The predicted molar refractivity (Wildman–Crippen MR) is 104 cm³/mol. The van der Waals surface area contributed by atoms with Gasteiger partial charge < -0.3 is 0 Å². The third-order valence-corrected chi connectivity index (χ3v) is 5.79. The van der Waals surface area contributed by atoms with E-state index in [2.05, 4.69) is 10.2 Å². The van der Waals surface area contributed by atoms with E-state index in [1.54, 1.807) is 29.3 Å². The molecule has 2 aliphatic heterocycles. The average molecular weight is 388 g/mol. The molecular weight excluding hydrogens is 368 g/mol. The molecule has 29 heavy (non-hydrogen) atoms. The Bertz CT molecular complexity index is 1040. The van der Waals surface area contributed by atoms with E-state index in [-0.39, 0.29) is 11.2 Å². The van der Waals surface area contributed by atoms with Crippen molar-refractivity contribution >= 4 is 23.3 Å². The lowest BCUT2D eigenvalue weighted by atomic mass is 9.75. The largest absolute Gasteiger partial charge is 0.298 e. The van der Waals surface area contributed by atoms with Gasteiger partial charge in [0.1, 0.15) is 6.04 Å². The molecule has 3 atom stereocenters. The van der Waals surface area contributed by atoms with E-state index in [1.807, 2.05) is 44.2 Å². The van der Waals surface area contributed by atoms with Gasteiger partial charge in [-0.2, -0.15) is 20.2 Å². The third-order valence-electron chi connectivity index (χ3n) is 5.79. The molecule has 3 aliphatic rings. The first kappa shape index (κ1) is 17.9. The van der Waals surface area contributed by atoms with E-state index >= 15 is 0 Å². The number of Topliss-reactive ketones (excluding diaryl/α,β-unsaturated/α-hetero) is 1. The Morgan fingerprint density at radius 3 is 2.10 bits per heavy atom. The molecule has 7 heteroatoms. The van der Waals surface area contributed by atoms with Crippen LogP contribution in [0.25, 0.3) is 0 Å². The lowest BCUT2D eigenvalue weighted by Gasteiger charge is -2.30. The van der Waals surface area contributed by atoms with Gasteiger partial charge in [0.05, 0.1) is 16.8 Å². The van der Waals surface area contributed by atoms with Crippen LogP contribution in [0.1, 0.15) is 47.4 Å². The number of ketones is 1. The van der Waals surface area contributed by atoms with Crippen LogP contribution in [-0.4, -0.2) is 39.3 Å². The quantitative estimate of drug-likeness (QED) is 0.455. The van der Waals surface area contributed by atoms with Crippen LogP contribution >= 0.6 is 0 Å². The van der Waals surface area contributed by atoms with Crippen LogP contribution in [0.5, 0.6) is 0 Å². The van der Waals surface area contributed by atoms with Crippen molar-refractivity contribution in [3.63, 3.8) is 0 Å². The maximum atomic E-state index is 13.0. The molecule has 1 saturated carbocycles. The number of benzene rings is 2. The maximum absolute atomic E-state index is 13.0. The van der Waals surface area contributed by atoms with Crippen LogP contribution in [0.3, 0.4) is 0 Å². The smallest absolute Gasteiger partial charge is 0.276 e. The van der Waals surface area contributed by atoms with Crippen molar-refractivity contribution in [3.8, 4) is 0 Å². The van der Waals surface area contributed by atoms with E-state index in [9.17, 15) is 14.4 Å². The molecule has 2 aromatic carbocycles. The number of rotatable bonds is 3. The molecular formula is C22H20N4O3. The highest BCUT2D eigenvalue weighted by Crippen LogP contribution is 2.58. The number of hydrogen-bond acceptors (Lipinski definition) is 6. The van der Waals surface area contributed by atoms with Gasteiger partial charge in [-0.15, -0.1) is 0 Å². The van der Waals surface area contributed by atoms with E-state index in [0.717, 1.165) is 5.01 Å². The SMILES string of the molecule is CC1(C)CC(=O)C2N(N3C(=O)c4ccccc4C3=O)C2(N=Nc2ccccc2)C1. The van der Waals surface area contributed by atoms with Crippen molar-refractivity contribution in [1.29, 1.82) is 0 Å². The number of carbonyl (C=O) groups excluding carboxylic acids is 3. The second kappa shape index (κ2) is 5.90. The summed E-state index contributed by atoms with van der Waals surface area (Å²) in [4.78, 5) is 38.9. The van der Waals surface area contributed by atoms with Gasteiger partial charge in [-0.1, -0.05) is 44.2 Å². The lowest BCUT2D eigenvalue weighted by Crippen LogP contribution is -2.40. The molecule has 0 N–H and O–H groups in total. The minimum Gasteiger partial charge on any atom is -0.298 e. The summed E-state index contributed by atoms with van der Waals surface area (Å²) in [6.07, 6.45) is 0.903. The monoisotopic (exact) mass is 388 g/mol. The van der Waals surface area contributed by atoms with Crippen LogP contribution in [-0.2, 0) is 4.79 Å². The highest BCUT2D eigenvalue weighted by Gasteiger charge is 2.76. The van der Waals surface area contributed by atoms with Gasteiger partial charge in [0.15, 0.2) is 11.4 Å². The van der Waals surface area contributed by atoms with Gasteiger partial charge in [-0.05, 0) is 36.1 Å². The normalized spacial score (nSPS) is 29.9. The summed E-state index contributed by atoms with van der Waals surface area (Å²) in [5, 5.41) is 11.5. The standard InChI is InChI=1S/C22H20N4O3/c1-21(2)12-17(27)18-22(13-21,24-23-14-8-4-3-5-9-14)26(18)25-19(28)15-10-6-7-11-16(15)20(25)29/h3-11,18H,12-13H2,1-2H3. The average Bonchev–Trinajstić information content (AvgIpc) is 3.26. The Morgan fingerprint density at radius 2 is 1.48 bits per heavy atom. The summed E-state index contributed by atoms with van der Waals surface area (Å²) in [6.45, 7) is 4.00. The number of fused-ring (bicyclic) bond motifs is 2. The second-order valence-electron chi connectivity index (χ2n) is 8.61. The van der Waals surface area contributed by atoms with Crippen molar-refractivity contribution in [3.05, 3.63) is 65.7 Å². The molecule has 146 valence electrons. The first-order valence-corrected chi connectivity index (χ1v) is 9.62. The Morgan fingerprint density at radius 1 is 0.897 bits per heavy atom. The Labute approximate surface area is 168 Å². The zero-order chi connectivity index (χ0) is 20.4. The molecule has 2 amide bonds. The first-order chi connectivity index (χ1) is 13.8. The highest BCUT2D eigenvalue weighted by atomic mass is 16.2. The number of nitrogens with zero attached hydrogens (tertiary/aromatic N) is 4. The lowest BCUT2D eigenvalue weighted by molar-refractivity contribution is -0.122. The number of imide groups is 1. The summed E-state index contributed by atoms with van der Waals surface area (Å²) in [6, 6.07) is 15.3. The number of carbonyl (C=O) groups is 3. The molecule has 5 rings (SSSR count). The fourth-order valence-electron chi connectivity index (χ4n) is 4.65. The van der Waals surface area contributed by atoms with Gasteiger partial charge in [0.25, 0.3) is 11.8 Å². The van der Waals surface area contributed by atoms with Gasteiger partial charge in [0.2, 0.25) is 0 Å². The van der Waals surface area contributed by atoms with Crippen molar-refractivity contribution < 1.29 is 14.4 Å². The van der Waals surface area contributed by atoms with Gasteiger partial charge in [-0.3, -0.25) is 14.4 Å². The van der Waals surface area contributed by atoms with E-state index in [4.69, 9.17) is 0 Å². The molecule has 2 heterocycles. The van der Waals surface area contributed by atoms with Gasteiger partial charge in [0, 0.05) is 6.42 Å². The number of azo groups is 1. The van der Waals surface area contributed by atoms with E-state index in [0.29, 0.717) is 29.7 Å². The van der Waals surface area contributed by atoms with Crippen molar-refractivity contribution in [2.75, 3.05) is 0 Å². The first-order valence-electron chi connectivity index (χ1n) is 9.62. The molecule has 1 aliphatic carbocycles. The number of amides is 2. The van der Waals surface area contributed by atoms with Crippen LogP contribution in [0.4, 0.5) is 5.69 Å². The topological polar surface area (TPSA) is 82.2 Å². The molecule has 1 saturated heterocycles. The predicted octanol–water partition coefficient (Wildman–Crippen LogP) is 3.75. The van der Waals surface area contributed by atoms with Gasteiger partial charge in [-0.25, -0.2) is 0 Å². The minimum absolute atomic E-state index is 0.0233. The van der Waals surface area contributed by atoms with Crippen molar-refractivity contribution in [2.45, 2.75) is 38.4 Å². The molecule has 2 fully saturated rings. The zero-order valence-electron chi connectivity index (χ0n) is 16.2. The molecule has 0 radical (unpaired) electrons. The molecule has 0 aromatic heterocycles. The fraction of sp³-hybridized carbons (Fsp3) is 0.318. The summed E-state index contributed by atoms with van der Waals surface area (Å²) in [5.41, 5.74) is 0.0373. The molecule has 7 nitrogen and oxygen atoms in total. The van der Waals surface area contributed by atoms with Crippen molar-refractivity contribution in [1.82, 2.24) is 10.0 Å². The van der Waals surface area contributed by atoms with Crippen LogP contribution < -0.4 is 0 Å². The van der Waals surface area contributed by atoms with Crippen LogP contribution in [0.2, 0.25) is 0 Å². The summed E-state index contributed by atoms with van der Waals surface area (Å²) in [7, 11) is 0. The molecule has 0 bridgehead atoms. The summed E-state index contributed by atoms with van der Waals surface area (Å²) in [5.74, 6) is -0.857. The molecule has 0 spiro atoms. The van der Waals surface area contributed by atoms with Crippen LogP contribution in [0.15, 0.2) is 64.8 Å². The van der Waals surface area contributed by atoms with E-state index in [1.165, 1.54) is 0 Å². The summed E-state index contributed by atoms with van der Waals surface area (Å²) < 4.78 is 0. The Hall–Kier alpha value is -3.19. The Balaban J connectivity index is 1.56. The minimum atomic E-state index is -1.01. The summed E-state index contributed by atoms with van der Waals surface area (Å²) >= 11 is 0. The second-order valence-corrected chi connectivity index (χ2v) is 8.61. The highest BCUT2D eigenvalue weighted by molar-refractivity contribution is 6.21. The van der Waals surface area contributed by atoms with E-state index < -0.39 is 23.5 Å². The number of hydrazine groups is 1. The fourth-order valence-corrected chi connectivity index (χ4v) is 4.65. The molecule has 2 aromatic rings. The van der Waals surface area contributed by atoms with Crippen molar-refractivity contribution in [2.24, 2.45) is 15.6 Å². The number of hydrogen-bond donors (Lipinski definition) is 0. The zero-order valence-corrected chi connectivity index (χ0v) is 16.2. The molecule has 3 unspecified atom stereocenters.